The number of anilines is 3. The lowest BCUT2D eigenvalue weighted by atomic mass is 10.1. The second kappa shape index (κ2) is 9.25. The third-order valence-electron chi connectivity index (χ3n) is 4.92. The van der Waals surface area contributed by atoms with Crippen molar-refractivity contribution in [3.05, 3.63) is 72.8 Å². The van der Waals surface area contributed by atoms with E-state index in [-0.39, 0.29) is 23.6 Å². The van der Waals surface area contributed by atoms with E-state index in [1.54, 1.807) is 67.3 Å². The van der Waals surface area contributed by atoms with Gasteiger partial charge in [0.25, 0.3) is 5.91 Å². The number of amides is 3. The van der Waals surface area contributed by atoms with Gasteiger partial charge < -0.3 is 20.5 Å². The first kappa shape index (κ1) is 20.3. The molecule has 0 aliphatic heterocycles. The fraction of sp³-hybridized carbons (Fsp3) is 0.217. The Morgan fingerprint density at radius 1 is 0.935 bits per heavy atom. The smallest absolute Gasteiger partial charge is 0.255 e. The van der Waals surface area contributed by atoms with Gasteiger partial charge in [-0.25, -0.2) is 4.98 Å². The zero-order valence-corrected chi connectivity index (χ0v) is 16.9. The Balaban J connectivity index is 1.31. The molecule has 1 aliphatic carbocycles. The molecular weight excluding hydrogens is 394 g/mol. The molecule has 0 unspecified atom stereocenters. The molecule has 8 heteroatoms. The monoisotopic (exact) mass is 417 g/mol. The number of carbonyl (C=O) groups excluding carboxylic acids is 3. The number of nitrogens with one attached hydrogen (secondary N) is 3. The van der Waals surface area contributed by atoms with Crippen molar-refractivity contribution in [2.45, 2.75) is 25.8 Å². The Hall–Kier alpha value is -3.94. The van der Waals surface area contributed by atoms with Crippen molar-refractivity contribution < 1.29 is 14.4 Å². The Bertz CT molecular complexity index is 1070. The molecule has 0 bridgehead atoms. The minimum Gasteiger partial charge on any atom is -0.337 e. The molecule has 4 rings (SSSR count). The topological polar surface area (TPSA) is 105 Å². The standard InChI is InChI=1S/C23H23N5O3/c29-21(10-12-28-13-11-24-15-28)25-20-3-1-2-17(14-20)23(31)27-19-8-6-18(7-9-19)26-22(30)16-4-5-16/h1-3,6-9,11,13-16H,4-5,10,12H2,(H,25,29)(H,26,30)(H,27,31). The third kappa shape index (κ3) is 5.79. The van der Waals surface area contributed by atoms with E-state index in [1.165, 1.54) is 0 Å². The van der Waals surface area contributed by atoms with Gasteiger partial charge in [-0.15, -0.1) is 0 Å². The van der Waals surface area contributed by atoms with E-state index in [2.05, 4.69) is 20.9 Å². The summed E-state index contributed by atoms with van der Waals surface area (Å²) in [7, 11) is 0. The van der Waals surface area contributed by atoms with Gasteiger partial charge in [-0.3, -0.25) is 14.4 Å². The summed E-state index contributed by atoms with van der Waals surface area (Å²) in [4.78, 5) is 40.5. The average Bonchev–Trinajstić information content (AvgIpc) is 3.50. The molecule has 3 aromatic rings. The molecule has 1 aliphatic rings. The minimum atomic E-state index is -0.288. The number of carbonyl (C=O) groups is 3. The van der Waals surface area contributed by atoms with Gasteiger partial charge in [0.05, 0.1) is 6.33 Å². The summed E-state index contributed by atoms with van der Waals surface area (Å²) in [6.07, 6.45) is 7.32. The minimum absolute atomic E-state index is 0.0423. The van der Waals surface area contributed by atoms with Crippen LogP contribution in [0.3, 0.4) is 0 Å². The molecule has 1 aromatic heterocycles. The van der Waals surface area contributed by atoms with E-state index in [9.17, 15) is 14.4 Å². The first-order valence-corrected chi connectivity index (χ1v) is 10.1. The maximum Gasteiger partial charge on any atom is 0.255 e. The number of rotatable bonds is 8. The maximum absolute atomic E-state index is 12.6. The molecule has 0 atom stereocenters. The highest BCUT2D eigenvalue weighted by molar-refractivity contribution is 6.05. The molecule has 2 aromatic carbocycles. The quantitative estimate of drug-likeness (QED) is 0.521. The van der Waals surface area contributed by atoms with Crippen molar-refractivity contribution in [2.24, 2.45) is 5.92 Å². The molecule has 3 N–H and O–H groups in total. The molecule has 0 spiro atoms. The molecule has 1 fully saturated rings. The van der Waals surface area contributed by atoms with E-state index in [1.807, 2.05) is 4.57 Å². The molecule has 1 saturated carbocycles. The number of nitrogens with zero attached hydrogens (tertiary/aromatic N) is 2. The van der Waals surface area contributed by atoms with Gasteiger partial charge >= 0.3 is 0 Å². The highest BCUT2D eigenvalue weighted by atomic mass is 16.2. The van der Waals surface area contributed by atoms with Gasteiger partial charge in [0.2, 0.25) is 11.8 Å². The van der Waals surface area contributed by atoms with Crippen LogP contribution in [-0.2, 0) is 16.1 Å². The second-order valence-corrected chi connectivity index (χ2v) is 7.47. The number of aryl methyl sites for hydroxylation is 1. The van der Waals surface area contributed by atoms with Gasteiger partial charge in [0.15, 0.2) is 0 Å². The van der Waals surface area contributed by atoms with Crippen LogP contribution in [0.15, 0.2) is 67.3 Å². The molecule has 0 saturated heterocycles. The normalized spacial score (nSPS) is 12.8. The average molecular weight is 417 g/mol. The van der Waals surface area contributed by atoms with Crippen molar-refractivity contribution >= 4 is 34.8 Å². The highest BCUT2D eigenvalue weighted by Gasteiger charge is 2.29. The number of benzene rings is 2. The lowest BCUT2D eigenvalue weighted by Crippen LogP contribution is -2.16. The van der Waals surface area contributed by atoms with Crippen molar-refractivity contribution in [3.63, 3.8) is 0 Å². The Kier molecular flexibility index (Phi) is 6.07. The predicted octanol–water partition coefficient (Wildman–Crippen LogP) is 3.51. The predicted molar refractivity (Wildman–Crippen MR) is 118 cm³/mol. The lowest BCUT2D eigenvalue weighted by Gasteiger charge is -2.10. The SMILES string of the molecule is O=C(CCn1ccnc1)Nc1cccc(C(=O)Nc2ccc(NC(=O)C3CC3)cc2)c1. The molecule has 8 nitrogen and oxygen atoms in total. The van der Waals surface area contributed by atoms with Crippen LogP contribution >= 0.6 is 0 Å². The van der Waals surface area contributed by atoms with E-state index >= 15 is 0 Å². The van der Waals surface area contributed by atoms with Crippen LogP contribution in [0.4, 0.5) is 17.1 Å². The summed E-state index contributed by atoms with van der Waals surface area (Å²) in [5, 5.41) is 8.50. The summed E-state index contributed by atoms with van der Waals surface area (Å²) in [5.74, 6) is -0.252. The molecule has 1 heterocycles. The molecule has 158 valence electrons. The third-order valence-corrected chi connectivity index (χ3v) is 4.92. The van der Waals surface area contributed by atoms with Crippen LogP contribution in [0.5, 0.6) is 0 Å². The van der Waals surface area contributed by atoms with Crippen LogP contribution in [0, 0.1) is 5.92 Å². The van der Waals surface area contributed by atoms with Crippen molar-refractivity contribution in [2.75, 3.05) is 16.0 Å². The number of aromatic nitrogens is 2. The summed E-state index contributed by atoms with van der Waals surface area (Å²) in [6.45, 7) is 0.531. The summed E-state index contributed by atoms with van der Waals surface area (Å²) in [6, 6.07) is 13.8. The Morgan fingerprint density at radius 2 is 1.68 bits per heavy atom. The molecular formula is C23H23N5O3. The molecule has 31 heavy (non-hydrogen) atoms. The van der Waals surface area contributed by atoms with Crippen LogP contribution in [0.25, 0.3) is 0 Å². The first-order valence-electron chi connectivity index (χ1n) is 10.1. The van der Waals surface area contributed by atoms with Crippen molar-refractivity contribution in [1.29, 1.82) is 0 Å². The van der Waals surface area contributed by atoms with Crippen LogP contribution in [0.1, 0.15) is 29.6 Å². The maximum atomic E-state index is 12.6. The number of imidazole rings is 1. The van der Waals surface area contributed by atoms with E-state index in [0.29, 0.717) is 35.6 Å². The zero-order chi connectivity index (χ0) is 21.6. The van der Waals surface area contributed by atoms with Crippen LogP contribution in [0.2, 0.25) is 0 Å². The fourth-order valence-corrected chi connectivity index (χ4v) is 3.04. The van der Waals surface area contributed by atoms with Crippen LogP contribution < -0.4 is 16.0 Å². The van der Waals surface area contributed by atoms with Gasteiger partial charge in [0, 0.05) is 53.9 Å². The van der Waals surface area contributed by atoms with Gasteiger partial charge in [-0.2, -0.15) is 0 Å². The van der Waals surface area contributed by atoms with Crippen LogP contribution in [-0.4, -0.2) is 27.3 Å². The summed E-state index contributed by atoms with van der Waals surface area (Å²) >= 11 is 0. The van der Waals surface area contributed by atoms with Gasteiger partial charge in [-0.1, -0.05) is 6.07 Å². The lowest BCUT2D eigenvalue weighted by molar-refractivity contribution is -0.117. The zero-order valence-electron chi connectivity index (χ0n) is 16.9. The highest BCUT2D eigenvalue weighted by Crippen LogP contribution is 2.30. The Labute approximate surface area is 179 Å². The first-order chi connectivity index (χ1) is 15.1. The van der Waals surface area contributed by atoms with Gasteiger partial charge in [0.1, 0.15) is 0 Å². The second-order valence-electron chi connectivity index (χ2n) is 7.47. The summed E-state index contributed by atoms with van der Waals surface area (Å²) < 4.78 is 1.83. The molecule has 3 amide bonds. The molecule has 0 radical (unpaired) electrons. The van der Waals surface area contributed by atoms with Crippen molar-refractivity contribution in [3.8, 4) is 0 Å². The number of hydrogen-bond donors (Lipinski definition) is 3. The Morgan fingerprint density at radius 3 is 2.35 bits per heavy atom. The fourth-order valence-electron chi connectivity index (χ4n) is 3.04. The number of hydrogen-bond acceptors (Lipinski definition) is 4. The largest absolute Gasteiger partial charge is 0.337 e. The van der Waals surface area contributed by atoms with Gasteiger partial charge in [-0.05, 0) is 55.3 Å². The van der Waals surface area contributed by atoms with Crippen molar-refractivity contribution in [1.82, 2.24) is 9.55 Å². The van der Waals surface area contributed by atoms with E-state index < -0.39 is 0 Å². The van der Waals surface area contributed by atoms with E-state index in [0.717, 1.165) is 12.8 Å². The van der Waals surface area contributed by atoms with E-state index in [4.69, 9.17) is 0 Å². The summed E-state index contributed by atoms with van der Waals surface area (Å²) in [5.41, 5.74) is 2.31.